The molecule has 108 valence electrons. The molecule has 0 aliphatic rings. The molecule has 0 aromatic heterocycles. The molecule has 1 atom stereocenters. The lowest BCUT2D eigenvalue weighted by atomic mass is 10.1. The molecule has 19 heavy (non-hydrogen) atoms. The Morgan fingerprint density at radius 2 is 2.05 bits per heavy atom. The van der Waals surface area contributed by atoms with Crippen LogP contribution in [0.25, 0.3) is 0 Å². The van der Waals surface area contributed by atoms with E-state index in [-0.39, 0.29) is 12.5 Å². The first-order valence-corrected chi connectivity index (χ1v) is 6.34. The zero-order chi connectivity index (χ0) is 14.3. The summed E-state index contributed by atoms with van der Waals surface area (Å²) in [6, 6.07) is 7.68. The molecular formula is C14H20F3NO. The van der Waals surface area contributed by atoms with Crippen LogP contribution in [0.5, 0.6) is 5.75 Å². The van der Waals surface area contributed by atoms with E-state index in [0.717, 1.165) is 11.3 Å². The van der Waals surface area contributed by atoms with Crippen molar-refractivity contribution in [1.29, 1.82) is 0 Å². The fourth-order valence-corrected chi connectivity index (χ4v) is 1.79. The maximum Gasteiger partial charge on any atom is 0.389 e. The summed E-state index contributed by atoms with van der Waals surface area (Å²) in [5.41, 5.74) is 1.06. The van der Waals surface area contributed by atoms with E-state index in [4.69, 9.17) is 4.74 Å². The lowest BCUT2D eigenvalue weighted by Crippen LogP contribution is -2.25. The molecule has 0 saturated carbocycles. The van der Waals surface area contributed by atoms with Crippen LogP contribution < -0.4 is 10.1 Å². The number of hydrogen-bond donors (Lipinski definition) is 1. The van der Waals surface area contributed by atoms with Crippen LogP contribution in [-0.4, -0.2) is 19.3 Å². The highest BCUT2D eigenvalue weighted by Gasteiger charge is 2.26. The van der Waals surface area contributed by atoms with E-state index in [2.05, 4.69) is 5.32 Å². The monoisotopic (exact) mass is 275 g/mol. The molecule has 1 rings (SSSR count). The van der Waals surface area contributed by atoms with Crippen LogP contribution in [0.4, 0.5) is 13.2 Å². The number of halogens is 3. The smallest absolute Gasteiger partial charge is 0.389 e. The van der Waals surface area contributed by atoms with Crippen LogP contribution in [-0.2, 0) is 6.54 Å². The molecule has 0 aliphatic heterocycles. The van der Waals surface area contributed by atoms with Gasteiger partial charge >= 0.3 is 6.18 Å². The standard InChI is InChI=1S/C14H20F3NO/c1-11(5-4-8-14(15,16)17)18-10-12-6-3-7-13(9-12)19-2/h3,6-7,9,11,18H,4-5,8,10H2,1-2H3. The highest BCUT2D eigenvalue weighted by Crippen LogP contribution is 2.22. The number of nitrogens with one attached hydrogen (secondary N) is 1. The van der Waals surface area contributed by atoms with Crippen LogP contribution in [0, 0.1) is 0 Å². The molecule has 0 saturated heterocycles. The van der Waals surface area contributed by atoms with E-state index in [1.54, 1.807) is 7.11 Å². The Hall–Kier alpha value is -1.23. The Bertz CT molecular complexity index is 379. The molecule has 5 heteroatoms. The predicted octanol–water partition coefficient (Wildman–Crippen LogP) is 3.91. The largest absolute Gasteiger partial charge is 0.497 e. The van der Waals surface area contributed by atoms with Crippen LogP contribution in [0.2, 0.25) is 0 Å². The molecule has 0 fully saturated rings. The molecule has 0 bridgehead atoms. The van der Waals surface area contributed by atoms with Gasteiger partial charge in [-0.2, -0.15) is 13.2 Å². The molecule has 0 aliphatic carbocycles. The van der Waals surface area contributed by atoms with Crippen molar-refractivity contribution in [2.45, 2.75) is 44.9 Å². The second kappa shape index (κ2) is 7.38. The highest BCUT2D eigenvalue weighted by molar-refractivity contribution is 5.28. The van der Waals surface area contributed by atoms with Crippen LogP contribution in [0.15, 0.2) is 24.3 Å². The first-order chi connectivity index (χ1) is 8.90. The zero-order valence-corrected chi connectivity index (χ0v) is 11.3. The van der Waals surface area contributed by atoms with Crippen molar-refractivity contribution in [3.05, 3.63) is 29.8 Å². The van der Waals surface area contributed by atoms with Gasteiger partial charge in [0.1, 0.15) is 5.75 Å². The normalized spacial score (nSPS) is 13.3. The second-order valence-electron chi connectivity index (χ2n) is 4.64. The van der Waals surface area contributed by atoms with Gasteiger partial charge in [0.05, 0.1) is 7.11 Å². The number of methoxy groups -OCH3 is 1. The molecule has 1 aromatic carbocycles. The third-order valence-electron chi connectivity index (χ3n) is 2.89. The van der Waals surface area contributed by atoms with Gasteiger partial charge in [0.2, 0.25) is 0 Å². The molecule has 2 nitrogen and oxygen atoms in total. The SMILES string of the molecule is COc1cccc(CNC(C)CCCC(F)(F)F)c1. The minimum absolute atomic E-state index is 0.0635. The van der Waals surface area contributed by atoms with E-state index < -0.39 is 12.6 Å². The summed E-state index contributed by atoms with van der Waals surface area (Å²) in [6.45, 7) is 2.53. The first kappa shape index (κ1) is 15.8. The molecule has 1 N–H and O–H groups in total. The van der Waals surface area contributed by atoms with E-state index in [9.17, 15) is 13.2 Å². The van der Waals surface area contributed by atoms with Gasteiger partial charge in [0, 0.05) is 19.0 Å². The molecular weight excluding hydrogens is 255 g/mol. The average Bonchev–Trinajstić information content (AvgIpc) is 2.35. The fraction of sp³-hybridized carbons (Fsp3) is 0.571. The number of rotatable bonds is 7. The lowest BCUT2D eigenvalue weighted by molar-refractivity contribution is -0.135. The summed E-state index contributed by atoms with van der Waals surface area (Å²) in [5.74, 6) is 0.782. The average molecular weight is 275 g/mol. The maximum absolute atomic E-state index is 12.0. The third kappa shape index (κ3) is 7.06. The van der Waals surface area contributed by atoms with Crippen molar-refractivity contribution in [2.24, 2.45) is 0 Å². The lowest BCUT2D eigenvalue weighted by Gasteiger charge is -2.14. The van der Waals surface area contributed by atoms with Crippen molar-refractivity contribution in [2.75, 3.05) is 7.11 Å². The predicted molar refractivity (Wildman–Crippen MR) is 69.2 cm³/mol. The topological polar surface area (TPSA) is 21.3 Å². The van der Waals surface area contributed by atoms with Crippen molar-refractivity contribution in [3.63, 3.8) is 0 Å². The Balaban J connectivity index is 2.27. The van der Waals surface area contributed by atoms with Crippen molar-refractivity contribution in [1.82, 2.24) is 5.32 Å². The van der Waals surface area contributed by atoms with Gasteiger partial charge in [0.15, 0.2) is 0 Å². The maximum atomic E-state index is 12.0. The van der Waals surface area contributed by atoms with Gasteiger partial charge in [-0.3, -0.25) is 0 Å². The van der Waals surface area contributed by atoms with Crippen LogP contribution >= 0.6 is 0 Å². The van der Waals surface area contributed by atoms with Crippen molar-refractivity contribution in [3.8, 4) is 5.75 Å². The fourth-order valence-electron chi connectivity index (χ4n) is 1.79. The molecule has 0 radical (unpaired) electrons. The second-order valence-corrected chi connectivity index (χ2v) is 4.64. The van der Waals surface area contributed by atoms with Crippen molar-refractivity contribution >= 4 is 0 Å². The van der Waals surface area contributed by atoms with E-state index in [0.29, 0.717) is 13.0 Å². The summed E-state index contributed by atoms with van der Waals surface area (Å²) in [6.07, 6.45) is -4.08. The summed E-state index contributed by atoms with van der Waals surface area (Å²) < 4.78 is 41.1. The zero-order valence-electron chi connectivity index (χ0n) is 11.3. The summed E-state index contributed by atoms with van der Waals surface area (Å²) in [4.78, 5) is 0. The Morgan fingerprint density at radius 1 is 1.32 bits per heavy atom. The number of alkyl halides is 3. The molecule has 1 unspecified atom stereocenters. The molecule has 1 aromatic rings. The Kier molecular flexibility index (Phi) is 6.15. The Labute approximate surface area is 112 Å². The molecule has 0 spiro atoms. The van der Waals surface area contributed by atoms with Crippen LogP contribution in [0.1, 0.15) is 31.7 Å². The van der Waals surface area contributed by atoms with Gasteiger partial charge in [-0.1, -0.05) is 12.1 Å². The molecule has 0 heterocycles. The van der Waals surface area contributed by atoms with E-state index >= 15 is 0 Å². The van der Waals surface area contributed by atoms with Gasteiger partial charge in [-0.15, -0.1) is 0 Å². The van der Waals surface area contributed by atoms with Gasteiger partial charge in [0.25, 0.3) is 0 Å². The van der Waals surface area contributed by atoms with E-state index in [1.165, 1.54) is 0 Å². The first-order valence-electron chi connectivity index (χ1n) is 6.34. The number of ether oxygens (including phenoxy) is 1. The summed E-state index contributed by atoms with van der Waals surface area (Å²) >= 11 is 0. The van der Waals surface area contributed by atoms with E-state index in [1.807, 2.05) is 31.2 Å². The highest BCUT2D eigenvalue weighted by atomic mass is 19.4. The Morgan fingerprint density at radius 3 is 2.68 bits per heavy atom. The third-order valence-corrected chi connectivity index (χ3v) is 2.89. The number of hydrogen-bond acceptors (Lipinski definition) is 2. The molecule has 0 amide bonds. The minimum atomic E-state index is -4.05. The summed E-state index contributed by atoms with van der Waals surface area (Å²) in [7, 11) is 1.60. The van der Waals surface area contributed by atoms with Crippen LogP contribution in [0.3, 0.4) is 0 Å². The van der Waals surface area contributed by atoms with Gasteiger partial charge in [-0.25, -0.2) is 0 Å². The number of benzene rings is 1. The summed E-state index contributed by atoms with van der Waals surface area (Å²) in [5, 5.41) is 3.21. The van der Waals surface area contributed by atoms with Gasteiger partial charge in [-0.05, 0) is 37.5 Å². The van der Waals surface area contributed by atoms with Gasteiger partial charge < -0.3 is 10.1 Å². The van der Waals surface area contributed by atoms with Crippen molar-refractivity contribution < 1.29 is 17.9 Å². The quantitative estimate of drug-likeness (QED) is 0.814. The minimum Gasteiger partial charge on any atom is -0.497 e.